The molecule has 3 rings (SSSR count). The van der Waals surface area contributed by atoms with E-state index in [4.69, 9.17) is 23.8 Å². The van der Waals surface area contributed by atoms with Gasteiger partial charge in [-0.1, -0.05) is 78.0 Å². The van der Waals surface area contributed by atoms with Crippen molar-refractivity contribution in [2.24, 2.45) is 0 Å². The van der Waals surface area contributed by atoms with E-state index in [1.165, 1.54) is 11.8 Å². The van der Waals surface area contributed by atoms with E-state index in [1.807, 2.05) is 54.6 Å². The summed E-state index contributed by atoms with van der Waals surface area (Å²) >= 11 is 12.6. The molecule has 22 heavy (non-hydrogen) atoms. The highest BCUT2D eigenvalue weighted by atomic mass is 35.5. The van der Waals surface area contributed by atoms with E-state index in [0.29, 0.717) is 20.8 Å². The van der Waals surface area contributed by atoms with Gasteiger partial charge in [-0.2, -0.15) is 0 Å². The van der Waals surface area contributed by atoms with Gasteiger partial charge in [0, 0.05) is 5.02 Å². The summed E-state index contributed by atoms with van der Waals surface area (Å²) in [5, 5.41) is 0.647. The maximum absolute atomic E-state index is 12.5. The van der Waals surface area contributed by atoms with Crippen LogP contribution < -0.4 is 0 Å². The van der Waals surface area contributed by atoms with Crippen molar-refractivity contribution in [3.63, 3.8) is 0 Å². The molecule has 0 bridgehead atoms. The van der Waals surface area contributed by atoms with E-state index < -0.39 is 0 Å². The molecule has 1 fully saturated rings. The monoisotopic (exact) mass is 345 g/mol. The Kier molecular flexibility index (Phi) is 4.62. The maximum atomic E-state index is 12.5. The lowest BCUT2D eigenvalue weighted by Gasteiger charge is -2.14. The Labute approximate surface area is 143 Å². The highest BCUT2D eigenvalue weighted by Crippen LogP contribution is 2.33. The van der Waals surface area contributed by atoms with Gasteiger partial charge in [-0.3, -0.25) is 9.69 Å². The van der Waals surface area contributed by atoms with Crippen LogP contribution in [0, 0.1) is 0 Å². The van der Waals surface area contributed by atoms with Crippen LogP contribution >= 0.6 is 35.6 Å². The van der Waals surface area contributed by atoms with Crippen LogP contribution in [0.1, 0.15) is 11.1 Å². The molecule has 0 aliphatic carbocycles. The number of hydrogen-bond donors (Lipinski definition) is 0. The summed E-state index contributed by atoms with van der Waals surface area (Å²) in [4.78, 5) is 14.8. The van der Waals surface area contributed by atoms with Gasteiger partial charge in [-0.15, -0.1) is 0 Å². The van der Waals surface area contributed by atoms with E-state index >= 15 is 0 Å². The van der Waals surface area contributed by atoms with Crippen LogP contribution in [-0.4, -0.2) is 15.1 Å². The van der Waals surface area contributed by atoms with E-state index in [1.54, 1.807) is 11.0 Å². The number of thiocarbonyl (C=S) groups is 1. The summed E-state index contributed by atoms with van der Waals surface area (Å²) in [5.74, 6) is -0.0566. The number of thioether (sulfide) groups is 1. The number of hydrogen-bond acceptors (Lipinski definition) is 3. The van der Waals surface area contributed by atoms with Crippen molar-refractivity contribution in [2.45, 2.75) is 6.54 Å². The molecule has 5 heteroatoms. The second-order valence-electron chi connectivity index (χ2n) is 4.81. The van der Waals surface area contributed by atoms with Crippen LogP contribution in [0.4, 0.5) is 0 Å². The Hall–Kier alpha value is -1.62. The van der Waals surface area contributed by atoms with Gasteiger partial charge in [-0.25, -0.2) is 0 Å². The number of nitrogens with zero attached hydrogens (tertiary/aromatic N) is 1. The molecule has 1 saturated heterocycles. The fourth-order valence-corrected chi connectivity index (χ4v) is 3.60. The summed E-state index contributed by atoms with van der Waals surface area (Å²) in [5.41, 5.74) is 1.95. The molecule has 0 unspecified atom stereocenters. The minimum Gasteiger partial charge on any atom is -0.288 e. The van der Waals surface area contributed by atoms with Gasteiger partial charge in [0.1, 0.15) is 4.32 Å². The Morgan fingerprint density at radius 3 is 2.64 bits per heavy atom. The third-order valence-electron chi connectivity index (χ3n) is 3.20. The number of benzene rings is 2. The molecule has 1 heterocycles. The normalized spacial score (nSPS) is 16.6. The lowest BCUT2D eigenvalue weighted by atomic mass is 10.2. The quantitative estimate of drug-likeness (QED) is 0.592. The highest BCUT2D eigenvalue weighted by Gasteiger charge is 2.31. The van der Waals surface area contributed by atoms with E-state index in [2.05, 4.69) is 0 Å². The molecule has 0 N–H and O–H groups in total. The van der Waals surface area contributed by atoms with Crippen molar-refractivity contribution in [1.82, 2.24) is 4.90 Å². The zero-order valence-corrected chi connectivity index (χ0v) is 13.9. The number of halogens is 1. The van der Waals surface area contributed by atoms with Crippen LogP contribution in [0.25, 0.3) is 6.08 Å². The average Bonchev–Trinajstić information content (AvgIpc) is 2.76. The van der Waals surface area contributed by atoms with Gasteiger partial charge >= 0.3 is 0 Å². The van der Waals surface area contributed by atoms with Gasteiger partial charge in [-0.05, 0) is 29.3 Å². The van der Waals surface area contributed by atoms with Crippen LogP contribution in [-0.2, 0) is 11.3 Å². The molecule has 1 aliphatic heterocycles. The number of rotatable bonds is 3. The molecule has 0 saturated carbocycles. The zero-order valence-electron chi connectivity index (χ0n) is 11.5. The van der Waals surface area contributed by atoms with E-state index in [9.17, 15) is 4.79 Å². The van der Waals surface area contributed by atoms with E-state index in [0.717, 1.165) is 11.1 Å². The number of carbonyl (C=O) groups excluding carboxylic acids is 1. The minimum atomic E-state index is -0.0566. The molecule has 0 spiro atoms. The largest absolute Gasteiger partial charge is 0.288 e. The molecule has 1 aliphatic rings. The average molecular weight is 346 g/mol. The third-order valence-corrected chi connectivity index (χ3v) is 4.82. The van der Waals surface area contributed by atoms with Crippen molar-refractivity contribution in [3.8, 4) is 0 Å². The predicted octanol–water partition coefficient (Wildman–Crippen LogP) is 4.74. The molecule has 0 atom stereocenters. The van der Waals surface area contributed by atoms with Crippen molar-refractivity contribution in [2.75, 3.05) is 0 Å². The smallest absolute Gasteiger partial charge is 0.266 e. The van der Waals surface area contributed by atoms with E-state index in [-0.39, 0.29) is 5.91 Å². The first kappa shape index (κ1) is 15.3. The van der Waals surface area contributed by atoms with Gasteiger partial charge in [0.05, 0.1) is 11.4 Å². The molecule has 2 nitrogen and oxygen atoms in total. The standard InChI is InChI=1S/C17H12ClNOS2/c18-14-8-4-7-13(9-14)10-15-16(20)19(17(21)22-15)11-12-5-2-1-3-6-12/h1-10H,11H2/b15-10-. The van der Waals surface area contributed by atoms with Gasteiger partial charge in [0.25, 0.3) is 5.91 Å². The predicted molar refractivity (Wildman–Crippen MR) is 96.6 cm³/mol. The molecule has 2 aromatic rings. The summed E-state index contributed by atoms with van der Waals surface area (Å²) in [6.45, 7) is 0.498. The van der Waals surface area contributed by atoms with Crippen LogP contribution in [0.2, 0.25) is 5.02 Å². The van der Waals surface area contributed by atoms with Crippen LogP contribution in [0.15, 0.2) is 59.5 Å². The van der Waals surface area contributed by atoms with Gasteiger partial charge < -0.3 is 0 Å². The number of amides is 1. The lowest BCUT2D eigenvalue weighted by molar-refractivity contribution is -0.122. The van der Waals surface area contributed by atoms with Crippen molar-refractivity contribution < 1.29 is 4.79 Å². The summed E-state index contributed by atoms with van der Waals surface area (Å²) in [7, 11) is 0. The first-order valence-electron chi connectivity index (χ1n) is 6.68. The topological polar surface area (TPSA) is 20.3 Å². The van der Waals surface area contributed by atoms with Crippen molar-refractivity contribution >= 4 is 51.9 Å². The highest BCUT2D eigenvalue weighted by molar-refractivity contribution is 8.26. The SMILES string of the molecule is O=C1/C(=C/c2cccc(Cl)c2)SC(=S)N1Cc1ccccc1. The Bertz CT molecular complexity index is 758. The van der Waals surface area contributed by atoms with Crippen molar-refractivity contribution in [1.29, 1.82) is 0 Å². The fraction of sp³-hybridized carbons (Fsp3) is 0.0588. The first-order valence-corrected chi connectivity index (χ1v) is 8.28. The summed E-state index contributed by atoms with van der Waals surface area (Å²) in [6, 6.07) is 17.2. The van der Waals surface area contributed by atoms with Gasteiger partial charge in [0.2, 0.25) is 0 Å². The Morgan fingerprint density at radius 2 is 1.91 bits per heavy atom. The summed E-state index contributed by atoms with van der Waals surface area (Å²) in [6.07, 6.45) is 1.83. The van der Waals surface area contributed by atoms with Gasteiger partial charge in [0.15, 0.2) is 0 Å². The fourth-order valence-electron chi connectivity index (χ4n) is 2.15. The molecular formula is C17H12ClNOS2. The summed E-state index contributed by atoms with van der Waals surface area (Å²) < 4.78 is 0.585. The molecular weight excluding hydrogens is 334 g/mol. The Morgan fingerprint density at radius 1 is 1.14 bits per heavy atom. The van der Waals surface area contributed by atoms with Crippen LogP contribution in [0.5, 0.6) is 0 Å². The maximum Gasteiger partial charge on any atom is 0.266 e. The zero-order chi connectivity index (χ0) is 15.5. The minimum absolute atomic E-state index is 0.0566. The molecule has 0 aromatic heterocycles. The molecule has 0 radical (unpaired) electrons. The molecule has 110 valence electrons. The second-order valence-corrected chi connectivity index (χ2v) is 6.92. The lowest BCUT2D eigenvalue weighted by Crippen LogP contribution is -2.27. The third kappa shape index (κ3) is 3.40. The van der Waals surface area contributed by atoms with Crippen LogP contribution in [0.3, 0.4) is 0 Å². The van der Waals surface area contributed by atoms with Crippen molar-refractivity contribution in [3.05, 3.63) is 75.7 Å². The number of carbonyl (C=O) groups is 1. The second kappa shape index (κ2) is 6.65. The molecule has 1 amide bonds. The first-order chi connectivity index (χ1) is 10.6. The Balaban J connectivity index is 1.82. The molecule has 2 aromatic carbocycles.